The van der Waals surface area contributed by atoms with Crippen LogP contribution in [0.1, 0.15) is 25.5 Å². The zero-order valence-electron chi connectivity index (χ0n) is 11.2. The molecule has 0 aliphatic heterocycles. The van der Waals surface area contributed by atoms with E-state index in [0.717, 1.165) is 5.56 Å². The highest BCUT2D eigenvalue weighted by molar-refractivity contribution is 7.89. The number of halogens is 1. The molecule has 0 bridgehead atoms. The summed E-state index contributed by atoms with van der Waals surface area (Å²) in [6.45, 7) is 3.91. The number of hydrogen-bond acceptors (Lipinski definition) is 3. The van der Waals surface area contributed by atoms with Crippen molar-refractivity contribution in [3.63, 3.8) is 0 Å². The summed E-state index contributed by atoms with van der Waals surface area (Å²) in [5, 5.41) is 6.78. The van der Waals surface area contributed by atoms with Crippen molar-refractivity contribution in [1.82, 2.24) is 14.9 Å². The van der Waals surface area contributed by atoms with Gasteiger partial charge >= 0.3 is 0 Å². The molecule has 1 atom stereocenters. The van der Waals surface area contributed by atoms with Gasteiger partial charge in [0.05, 0.1) is 6.20 Å². The Bertz CT molecular complexity index is 651. The van der Waals surface area contributed by atoms with Gasteiger partial charge in [-0.2, -0.15) is 5.10 Å². The van der Waals surface area contributed by atoms with E-state index >= 15 is 0 Å². The van der Waals surface area contributed by atoms with Gasteiger partial charge in [0.25, 0.3) is 0 Å². The van der Waals surface area contributed by atoms with Crippen LogP contribution in [0.2, 0.25) is 5.02 Å². The first-order chi connectivity index (χ1) is 9.40. The lowest BCUT2D eigenvalue weighted by Gasteiger charge is -2.22. The predicted molar refractivity (Wildman–Crippen MR) is 77.9 cm³/mol. The van der Waals surface area contributed by atoms with Crippen LogP contribution in [-0.2, 0) is 10.0 Å². The quantitative estimate of drug-likeness (QED) is 0.891. The number of nitrogens with one attached hydrogen (secondary N) is 2. The molecule has 1 unspecified atom stereocenters. The van der Waals surface area contributed by atoms with Crippen molar-refractivity contribution >= 4 is 21.6 Å². The third kappa shape index (κ3) is 3.39. The third-order valence-corrected chi connectivity index (χ3v) is 4.62. The molecular weight excluding hydrogens is 298 g/mol. The first-order valence-electron chi connectivity index (χ1n) is 6.17. The molecule has 20 heavy (non-hydrogen) atoms. The van der Waals surface area contributed by atoms with Gasteiger partial charge in [-0.15, -0.1) is 0 Å². The maximum absolute atomic E-state index is 12.3. The van der Waals surface area contributed by atoms with Crippen molar-refractivity contribution in [3.05, 3.63) is 47.2 Å². The second kappa shape index (κ2) is 5.95. The normalized spacial score (nSPS) is 13.6. The predicted octanol–water partition coefficient (Wildman–Crippen LogP) is 2.74. The molecule has 1 heterocycles. The molecule has 0 radical (unpaired) electrons. The molecule has 1 aromatic carbocycles. The summed E-state index contributed by atoms with van der Waals surface area (Å²) in [7, 11) is -3.60. The zero-order chi connectivity index (χ0) is 14.8. The van der Waals surface area contributed by atoms with Gasteiger partial charge in [0.15, 0.2) is 0 Å². The van der Waals surface area contributed by atoms with Crippen LogP contribution in [-0.4, -0.2) is 18.6 Å². The summed E-state index contributed by atoms with van der Waals surface area (Å²) in [5.74, 6) is 0.0952. The molecule has 0 saturated carbocycles. The van der Waals surface area contributed by atoms with Crippen molar-refractivity contribution in [1.29, 1.82) is 0 Å². The summed E-state index contributed by atoms with van der Waals surface area (Å²) < 4.78 is 27.2. The van der Waals surface area contributed by atoms with Crippen LogP contribution in [0.15, 0.2) is 41.6 Å². The van der Waals surface area contributed by atoms with Crippen LogP contribution >= 0.6 is 11.6 Å². The average Bonchev–Trinajstić information content (AvgIpc) is 2.91. The summed E-state index contributed by atoms with van der Waals surface area (Å²) in [6, 6.07) is 6.82. The molecule has 2 aromatic rings. The Morgan fingerprint density at radius 1 is 1.25 bits per heavy atom. The van der Waals surface area contributed by atoms with Crippen LogP contribution in [0.5, 0.6) is 0 Å². The number of aromatic amines is 1. The molecule has 0 aliphatic rings. The Morgan fingerprint density at radius 2 is 1.90 bits per heavy atom. The minimum atomic E-state index is -3.60. The lowest BCUT2D eigenvalue weighted by Crippen LogP contribution is -2.31. The topological polar surface area (TPSA) is 74.8 Å². The lowest BCUT2D eigenvalue weighted by atomic mass is 9.97. The third-order valence-electron chi connectivity index (χ3n) is 2.96. The Balaban J connectivity index is 2.29. The monoisotopic (exact) mass is 313 g/mol. The van der Waals surface area contributed by atoms with Crippen molar-refractivity contribution < 1.29 is 8.42 Å². The molecule has 0 amide bonds. The Kier molecular flexibility index (Phi) is 4.47. The molecule has 0 spiro atoms. The molecule has 0 aliphatic carbocycles. The van der Waals surface area contributed by atoms with Gasteiger partial charge in [-0.3, -0.25) is 5.10 Å². The summed E-state index contributed by atoms with van der Waals surface area (Å²) in [6.07, 6.45) is 2.63. The van der Waals surface area contributed by atoms with E-state index in [1.165, 1.54) is 12.4 Å². The van der Waals surface area contributed by atoms with Gasteiger partial charge in [-0.1, -0.05) is 37.6 Å². The summed E-state index contributed by atoms with van der Waals surface area (Å²) in [4.78, 5) is 0.122. The minimum absolute atomic E-state index is 0.0952. The fourth-order valence-electron chi connectivity index (χ4n) is 1.88. The van der Waals surface area contributed by atoms with Crippen molar-refractivity contribution in [2.75, 3.05) is 0 Å². The maximum Gasteiger partial charge on any atom is 0.244 e. The van der Waals surface area contributed by atoms with Gasteiger partial charge < -0.3 is 0 Å². The van der Waals surface area contributed by atoms with E-state index in [2.05, 4.69) is 14.9 Å². The van der Waals surface area contributed by atoms with E-state index in [0.29, 0.717) is 5.02 Å². The standard InChI is InChI=1S/C13H16ClN3O2S/c1-9(2)13(10-3-5-11(14)6-4-10)17-20(18,19)12-7-15-16-8-12/h3-9,13,17H,1-2H3,(H,15,16). The lowest BCUT2D eigenvalue weighted by molar-refractivity contribution is 0.463. The number of sulfonamides is 1. The van der Waals surface area contributed by atoms with E-state index < -0.39 is 10.0 Å². The number of aromatic nitrogens is 2. The Morgan fingerprint density at radius 3 is 2.40 bits per heavy atom. The van der Waals surface area contributed by atoms with Gasteiger partial charge in [0.2, 0.25) is 10.0 Å². The first-order valence-corrected chi connectivity index (χ1v) is 8.03. The molecule has 7 heteroatoms. The van der Waals surface area contributed by atoms with Crippen molar-refractivity contribution in [2.45, 2.75) is 24.8 Å². The average molecular weight is 314 g/mol. The van der Waals surface area contributed by atoms with Gasteiger partial charge in [-0.25, -0.2) is 13.1 Å². The van der Waals surface area contributed by atoms with E-state index in [-0.39, 0.29) is 16.9 Å². The highest BCUT2D eigenvalue weighted by Gasteiger charge is 2.24. The largest absolute Gasteiger partial charge is 0.284 e. The van der Waals surface area contributed by atoms with Crippen LogP contribution in [0, 0.1) is 5.92 Å². The zero-order valence-corrected chi connectivity index (χ0v) is 12.7. The van der Waals surface area contributed by atoms with E-state index in [9.17, 15) is 8.42 Å². The van der Waals surface area contributed by atoms with Crippen LogP contribution in [0.25, 0.3) is 0 Å². The number of nitrogens with zero attached hydrogens (tertiary/aromatic N) is 1. The highest BCUT2D eigenvalue weighted by Crippen LogP contribution is 2.25. The smallest absolute Gasteiger partial charge is 0.244 e. The summed E-state index contributed by atoms with van der Waals surface area (Å²) >= 11 is 5.86. The molecule has 2 N–H and O–H groups in total. The van der Waals surface area contributed by atoms with Gasteiger partial charge in [0, 0.05) is 17.3 Å². The van der Waals surface area contributed by atoms with Crippen LogP contribution in [0.4, 0.5) is 0 Å². The molecule has 0 fully saturated rings. The maximum atomic E-state index is 12.3. The Hall–Kier alpha value is -1.37. The summed E-state index contributed by atoms with van der Waals surface area (Å²) in [5.41, 5.74) is 0.872. The van der Waals surface area contributed by atoms with Crippen molar-refractivity contribution in [2.24, 2.45) is 5.92 Å². The van der Waals surface area contributed by atoms with E-state index in [4.69, 9.17) is 11.6 Å². The van der Waals surface area contributed by atoms with E-state index in [1.807, 2.05) is 26.0 Å². The first kappa shape index (κ1) is 15.0. The number of rotatable bonds is 5. The fourth-order valence-corrected chi connectivity index (χ4v) is 3.28. The molecule has 5 nitrogen and oxygen atoms in total. The van der Waals surface area contributed by atoms with Gasteiger partial charge in [-0.05, 0) is 23.6 Å². The number of H-pyrrole nitrogens is 1. The van der Waals surface area contributed by atoms with E-state index in [1.54, 1.807) is 12.1 Å². The number of benzene rings is 1. The van der Waals surface area contributed by atoms with Crippen LogP contribution < -0.4 is 4.72 Å². The molecular formula is C13H16ClN3O2S. The molecule has 0 saturated heterocycles. The highest BCUT2D eigenvalue weighted by atomic mass is 35.5. The molecule has 108 valence electrons. The van der Waals surface area contributed by atoms with Crippen molar-refractivity contribution in [3.8, 4) is 0 Å². The second-order valence-corrected chi connectivity index (χ2v) is 6.98. The van der Waals surface area contributed by atoms with Gasteiger partial charge in [0.1, 0.15) is 4.90 Å². The number of hydrogen-bond donors (Lipinski definition) is 2. The minimum Gasteiger partial charge on any atom is -0.284 e. The Labute approximate surface area is 123 Å². The second-order valence-electron chi connectivity index (χ2n) is 4.83. The fraction of sp³-hybridized carbons (Fsp3) is 0.308. The van der Waals surface area contributed by atoms with Crippen LogP contribution in [0.3, 0.4) is 0 Å². The SMILES string of the molecule is CC(C)C(NS(=O)(=O)c1cn[nH]c1)c1ccc(Cl)cc1. The molecule has 2 rings (SSSR count). The molecule has 1 aromatic heterocycles.